The molecule has 2 aromatic rings. The summed E-state index contributed by atoms with van der Waals surface area (Å²) in [7, 11) is 0. The zero-order valence-electron chi connectivity index (χ0n) is 13.5. The van der Waals surface area contributed by atoms with Crippen LogP contribution in [0.1, 0.15) is 40.1 Å². The van der Waals surface area contributed by atoms with E-state index < -0.39 is 6.10 Å². The number of nitrogens with one attached hydrogen (secondary N) is 1. The third kappa shape index (κ3) is 4.91. The van der Waals surface area contributed by atoms with E-state index in [9.17, 15) is 15.0 Å². The Balaban J connectivity index is 1.86. The smallest absolute Gasteiger partial charge is 0.150 e. The maximum absolute atomic E-state index is 10.6. The van der Waals surface area contributed by atoms with E-state index in [1.54, 1.807) is 18.2 Å². The van der Waals surface area contributed by atoms with Crippen molar-refractivity contribution in [2.24, 2.45) is 0 Å². The van der Waals surface area contributed by atoms with Crippen LogP contribution in [0.4, 0.5) is 0 Å². The lowest BCUT2D eigenvalue weighted by atomic mass is 10.0. The molecule has 0 aliphatic heterocycles. The van der Waals surface area contributed by atoms with Gasteiger partial charge in [-0.25, -0.2) is 0 Å². The fourth-order valence-corrected chi connectivity index (χ4v) is 2.47. The third-order valence-corrected chi connectivity index (χ3v) is 3.92. The van der Waals surface area contributed by atoms with Crippen molar-refractivity contribution >= 4 is 6.29 Å². The van der Waals surface area contributed by atoms with E-state index in [2.05, 4.69) is 12.2 Å². The largest absolute Gasteiger partial charge is 0.508 e. The van der Waals surface area contributed by atoms with Gasteiger partial charge in [0.2, 0.25) is 0 Å². The normalized spacial score (nSPS) is 13.5. The molecule has 23 heavy (non-hydrogen) atoms. The lowest BCUT2D eigenvalue weighted by molar-refractivity contribution is 0.112. The molecule has 0 aliphatic rings. The topological polar surface area (TPSA) is 69.6 Å². The average molecular weight is 313 g/mol. The molecule has 4 nitrogen and oxygen atoms in total. The molecule has 0 radical (unpaired) electrons. The quantitative estimate of drug-likeness (QED) is 0.688. The van der Waals surface area contributed by atoms with Crippen LogP contribution in [0.5, 0.6) is 5.75 Å². The lowest BCUT2D eigenvalue weighted by Crippen LogP contribution is -2.32. The summed E-state index contributed by atoms with van der Waals surface area (Å²) in [5.41, 5.74) is 3.36. The minimum Gasteiger partial charge on any atom is -0.508 e. The van der Waals surface area contributed by atoms with Crippen LogP contribution in [-0.4, -0.2) is 29.1 Å². The van der Waals surface area contributed by atoms with Crippen molar-refractivity contribution in [1.29, 1.82) is 0 Å². The summed E-state index contributed by atoms with van der Waals surface area (Å²) in [5, 5.41) is 23.1. The molecule has 122 valence electrons. The van der Waals surface area contributed by atoms with E-state index in [4.69, 9.17) is 0 Å². The summed E-state index contributed by atoms with van der Waals surface area (Å²) in [4.78, 5) is 10.6. The number of aliphatic hydroxyl groups excluding tert-OH is 1. The number of phenols is 1. The van der Waals surface area contributed by atoms with E-state index in [0.717, 1.165) is 29.4 Å². The number of hydrogen-bond donors (Lipinski definition) is 3. The summed E-state index contributed by atoms with van der Waals surface area (Å²) >= 11 is 0. The van der Waals surface area contributed by atoms with Crippen LogP contribution in [0.15, 0.2) is 42.5 Å². The lowest BCUT2D eigenvalue weighted by Gasteiger charge is -2.18. The van der Waals surface area contributed by atoms with Gasteiger partial charge in [0.1, 0.15) is 12.0 Å². The van der Waals surface area contributed by atoms with Crippen molar-refractivity contribution in [3.05, 3.63) is 64.7 Å². The Morgan fingerprint density at radius 2 is 1.87 bits per heavy atom. The van der Waals surface area contributed by atoms with Crippen molar-refractivity contribution in [3.8, 4) is 5.75 Å². The number of benzene rings is 2. The summed E-state index contributed by atoms with van der Waals surface area (Å²) in [6.07, 6.45) is 1.04. The predicted octanol–water partition coefficient (Wildman–Crippen LogP) is 2.77. The van der Waals surface area contributed by atoms with Crippen molar-refractivity contribution in [1.82, 2.24) is 5.32 Å². The Hall–Kier alpha value is -2.17. The molecule has 0 spiro atoms. The maximum Gasteiger partial charge on any atom is 0.150 e. The van der Waals surface area contributed by atoms with E-state index in [1.807, 2.05) is 31.2 Å². The SMILES string of the molecule is Cc1cc([C@@H](O)CN[C@H](C)Cc2ccc(C=O)cc2)ccc1O. The number of aromatic hydroxyl groups is 1. The second kappa shape index (κ2) is 7.90. The van der Waals surface area contributed by atoms with Crippen molar-refractivity contribution in [2.45, 2.75) is 32.4 Å². The van der Waals surface area contributed by atoms with Crippen LogP contribution in [0.2, 0.25) is 0 Å². The number of aryl methyl sites for hydroxylation is 1. The van der Waals surface area contributed by atoms with Gasteiger partial charge in [0.25, 0.3) is 0 Å². The standard InChI is InChI=1S/C19H23NO3/c1-13-9-17(7-8-18(13)22)19(23)11-20-14(2)10-15-3-5-16(12-21)6-4-15/h3-9,12,14,19-20,22-23H,10-11H2,1-2H3/t14-,19+/m1/s1. The number of rotatable bonds is 7. The van der Waals surface area contributed by atoms with E-state index >= 15 is 0 Å². The van der Waals surface area contributed by atoms with Gasteiger partial charge in [-0.3, -0.25) is 4.79 Å². The van der Waals surface area contributed by atoms with Gasteiger partial charge in [0, 0.05) is 18.2 Å². The zero-order chi connectivity index (χ0) is 16.8. The highest BCUT2D eigenvalue weighted by Crippen LogP contribution is 2.21. The first-order chi connectivity index (χ1) is 11.0. The highest BCUT2D eigenvalue weighted by molar-refractivity contribution is 5.74. The van der Waals surface area contributed by atoms with Gasteiger partial charge < -0.3 is 15.5 Å². The maximum atomic E-state index is 10.6. The Labute approximate surface area is 136 Å². The van der Waals surface area contributed by atoms with Crippen LogP contribution in [0.25, 0.3) is 0 Å². The van der Waals surface area contributed by atoms with Gasteiger partial charge in [-0.05, 0) is 49.1 Å². The zero-order valence-corrected chi connectivity index (χ0v) is 13.5. The molecule has 3 N–H and O–H groups in total. The van der Waals surface area contributed by atoms with Gasteiger partial charge >= 0.3 is 0 Å². The fraction of sp³-hybridized carbons (Fsp3) is 0.316. The van der Waals surface area contributed by atoms with E-state index in [1.165, 1.54) is 0 Å². The van der Waals surface area contributed by atoms with Crippen LogP contribution >= 0.6 is 0 Å². The van der Waals surface area contributed by atoms with Crippen molar-refractivity contribution < 1.29 is 15.0 Å². The van der Waals surface area contributed by atoms with Gasteiger partial charge in [0.15, 0.2) is 0 Å². The van der Waals surface area contributed by atoms with Crippen LogP contribution < -0.4 is 5.32 Å². The molecular weight excluding hydrogens is 290 g/mol. The molecule has 0 aliphatic carbocycles. The molecule has 2 atom stereocenters. The summed E-state index contributed by atoms with van der Waals surface area (Å²) in [6, 6.07) is 12.8. The molecule has 4 heteroatoms. The van der Waals surface area contributed by atoms with Crippen molar-refractivity contribution in [2.75, 3.05) is 6.54 Å². The fourth-order valence-electron chi connectivity index (χ4n) is 2.47. The predicted molar refractivity (Wildman–Crippen MR) is 90.8 cm³/mol. The summed E-state index contributed by atoms with van der Waals surface area (Å²) < 4.78 is 0. The Kier molecular flexibility index (Phi) is 5.90. The highest BCUT2D eigenvalue weighted by atomic mass is 16.3. The molecule has 0 heterocycles. The van der Waals surface area contributed by atoms with Crippen LogP contribution in [-0.2, 0) is 6.42 Å². The minimum atomic E-state index is -0.616. The minimum absolute atomic E-state index is 0.199. The van der Waals surface area contributed by atoms with Gasteiger partial charge in [-0.15, -0.1) is 0 Å². The first-order valence-corrected chi connectivity index (χ1v) is 7.74. The van der Waals surface area contributed by atoms with Crippen molar-refractivity contribution in [3.63, 3.8) is 0 Å². The Morgan fingerprint density at radius 3 is 2.48 bits per heavy atom. The summed E-state index contributed by atoms with van der Waals surface area (Å²) in [5.74, 6) is 0.237. The number of aliphatic hydroxyl groups is 1. The Morgan fingerprint density at radius 1 is 1.17 bits per heavy atom. The van der Waals surface area contributed by atoms with Crippen LogP contribution in [0.3, 0.4) is 0 Å². The second-order valence-corrected chi connectivity index (χ2v) is 5.93. The van der Waals surface area contributed by atoms with E-state index in [-0.39, 0.29) is 11.8 Å². The molecule has 2 rings (SSSR count). The molecule has 0 unspecified atom stereocenters. The molecular formula is C19H23NO3. The first kappa shape index (κ1) is 17.2. The third-order valence-electron chi connectivity index (χ3n) is 3.92. The number of carbonyl (C=O) groups is 1. The van der Waals surface area contributed by atoms with Gasteiger partial charge in [-0.1, -0.05) is 30.3 Å². The number of hydrogen-bond acceptors (Lipinski definition) is 4. The molecule has 0 amide bonds. The van der Waals surface area contributed by atoms with Crippen LogP contribution in [0, 0.1) is 6.92 Å². The number of phenolic OH excluding ortho intramolecular Hbond substituents is 1. The number of carbonyl (C=O) groups excluding carboxylic acids is 1. The molecule has 2 aromatic carbocycles. The van der Waals surface area contributed by atoms with Gasteiger partial charge in [-0.2, -0.15) is 0 Å². The monoisotopic (exact) mass is 313 g/mol. The van der Waals surface area contributed by atoms with Gasteiger partial charge in [0.05, 0.1) is 6.10 Å². The molecule has 0 saturated carbocycles. The first-order valence-electron chi connectivity index (χ1n) is 7.74. The Bertz CT molecular complexity index is 652. The second-order valence-electron chi connectivity index (χ2n) is 5.93. The molecule has 0 aromatic heterocycles. The molecule has 0 fully saturated rings. The number of aldehydes is 1. The molecule has 0 bridgehead atoms. The average Bonchev–Trinajstić information content (AvgIpc) is 2.56. The molecule has 0 saturated heterocycles. The summed E-state index contributed by atoms with van der Waals surface area (Å²) in [6.45, 7) is 4.31. The highest BCUT2D eigenvalue weighted by Gasteiger charge is 2.11. The van der Waals surface area contributed by atoms with E-state index in [0.29, 0.717) is 12.1 Å².